The molecule has 15 heteroatoms. The Morgan fingerprint density at radius 2 is 1.80 bits per heavy atom. The first kappa shape index (κ1) is 28.6. The summed E-state index contributed by atoms with van der Waals surface area (Å²) < 4.78 is 37.5. The second-order valence-corrected chi connectivity index (χ2v) is 10.7. The highest BCUT2D eigenvalue weighted by molar-refractivity contribution is 5.96. The molecular formula is C30H27F2N9O4. The molecule has 0 radical (unpaired) electrons. The lowest BCUT2D eigenvalue weighted by atomic mass is 10.0. The number of carbonyl (C=O) groups excluding carboxylic acids is 2. The van der Waals surface area contributed by atoms with Gasteiger partial charge in [0.05, 0.1) is 12.6 Å². The molecule has 13 nitrogen and oxygen atoms in total. The zero-order valence-electron chi connectivity index (χ0n) is 23.8. The number of tetrazole rings is 1. The van der Waals surface area contributed by atoms with E-state index in [4.69, 9.17) is 9.15 Å². The van der Waals surface area contributed by atoms with Gasteiger partial charge in [0, 0.05) is 50.0 Å². The van der Waals surface area contributed by atoms with Crippen molar-refractivity contribution in [2.24, 2.45) is 0 Å². The number of fused-ring (bicyclic) bond motifs is 1. The standard InChI is InChI=1S/C30H27F2N9O4/c31-30(32)41-37-26(36-38-41)25(18-4-2-1-3-5-18)39-11-13-40(14-12-39)29(43)22-16-19(8-10-33-22)28-35-21-17-20(6-7-23(21)45-28)34-27(42)24-9-15-44-24/h1-8,10,16-17,24-25,30H,9,11-15H2,(H,34,42)/t24-,25-/m1/s1. The summed E-state index contributed by atoms with van der Waals surface area (Å²) in [7, 11) is 0. The van der Waals surface area contributed by atoms with Crippen LogP contribution in [0.4, 0.5) is 14.5 Å². The number of rotatable bonds is 8. The average molecular weight is 616 g/mol. The summed E-state index contributed by atoms with van der Waals surface area (Å²) in [5.41, 5.74) is 3.30. The van der Waals surface area contributed by atoms with Gasteiger partial charge in [-0.2, -0.15) is 8.78 Å². The van der Waals surface area contributed by atoms with E-state index in [0.29, 0.717) is 72.2 Å². The van der Waals surface area contributed by atoms with Crippen LogP contribution in [-0.4, -0.2) is 90.7 Å². The zero-order chi connectivity index (χ0) is 30.9. The smallest absolute Gasteiger partial charge is 0.350 e. The fourth-order valence-corrected chi connectivity index (χ4v) is 5.41. The van der Waals surface area contributed by atoms with Gasteiger partial charge >= 0.3 is 6.55 Å². The second-order valence-electron chi connectivity index (χ2n) is 10.7. The SMILES string of the molecule is O=C(Nc1ccc2oc(-c3ccnc(C(=O)N4CCN([C@H](c5ccccc5)c5nnn(C(F)F)n5)CC4)c3)nc2c1)[C@H]1CCO1. The summed E-state index contributed by atoms with van der Waals surface area (Å²) in [6.07, 6.45) is 1.79. The molecule has 0 aliphatic carbocycles. The van der Waals surface area contributed by atoms with Crippen molar-refractivity contribution < 1.29 is 27.5 Å². The van der Waals surface area contributed by atoms with E-state index in [1.54, 1.807) is 35.2 Å². The van der Waals surface area contributed by atoms with E-state index in [1.165, 1.54) is 6.20 Å². The molecule has 0 unspecified atom stereocenters. The minimum absolute atomic E-state index is 0.163. The quantitative estimate of drug-likeness (QED) is 0.275. The largest absolute Gasteiger partial charge is 0.436 e. The number of oxazole rings is 1. The number of piperazine rings is 1. The molecule has 5 heterocycles. The lowest BCUT2D eigenvalue weighted by Gasteiger charge is -2.38. The highest BCUT2D eigenvalue weighted by Gasteiger charge is 2.32. The molecular weight excluding hydrogens is 588 g/mol. The van der Waals surface area contributed by atoms with Crippen molar-refractivity contribution in [1.82, 2.24) is 40.0 Å². The highest BCUT2D eigenvalue weighted by Crippen LogP contribution is 2.29. The van der Waals surface area contributed by atoms with Gasteiger partial charge in [0.1, 0.15) is 17.3 Å². The van der Waals surface area contributed by atoms with E-state index in [0.717, 1.165) is 5.56 Å². The highest BCUT2D eigenvalue weighted by atomic mass is 19.3. The van der Waals surface area contributed by atoms with Gasteiger partial charge in [-0.15, -0.1) is 10.2 Å². The van der Waals surface area contributed by atoms with Crippen LogP contribution in [0.1, 0.15) is 40.9 Å². The summed E-state index contributed by atoms with van der Waals surface area (Å²) in [5, 5.41) is 14.2. The first-order chi connectivity index (χ1) is 21.9. The van der Waals surface area contributed by atoms with Crippen LogP contribution in [-0.2, 0) is 9.53 Å². The summed E-state index contributed by atoms with van der Waals surface area (Å²) in [5.74, 6) is 0.0195. The number of alkyl halides is 2. The molecule has 3 aromatic heterocycles. The Balaban J connectivity index is 1.05. The second kappa shape index (κ2) is 12.1. The molecule has 5 aromatic rings. The minimum Gasteiger partial charge on any atom is -0.436 e. The number of hydrogen-bond donors (Lipinski definition) is 1. The van der Waals surface area contributed by atoms with E-state index in [9.17, 15) is 18.4 Å². The normalized spacial score (nSPS) is 17.8. The number of halogens is 2. The number of carbonyl (C=O) groups is 2. The maximum Gasteiger partial charge on any atom is 0.350 e. The molecule has 0 bridgehead atoms. The lowest BCUT2D eigenvalue weighted by Crippen LogP contribution is -2.50. The number of anilines is 1. The molecule has 2 aliphatic heterocycles. The van der Waals surface area contributed by atoms with Crippen LogP contribution in [0.2, 0.25) is 0 Å². The Labute approximate surface area is 254 Å². The number of aromatic nitrogens is 6. The number of ether oxygens (including phenoxy) is 1. The fraction of sp³-hybridized carbons (Fsp3) is 0.300. The summed E-state index contributed by atoms with van der Waals surface area (Å²) >= 11 is 0. The molecule has 0 saturated carbocycles. The van der Waals surface area contributed by atoms with Crippen molar-refractivity contribution in [3.05, 3.63) is 83.9 Å². The Kier molecular flexibility index (Phi) is 7.69. The van der Waals surface area contributed by atoms with Crippen molar-refractivity contribution in [2.45, 2.75) is 25.1 Å². The topological polar surface area (TPSA) is 144 Å². The number of nitrogens with one attached hydrogen (secondary N) is 1. The first-order valence-electron chi connectivity index (χ1n) is 14.4. The van der Waals surface area contributed by atoms with E-state index in [1.807, 2.05) is 35.2 Å². The number of pyridine rings is 1. The third kappa shape index (κ3) is 5.86. The molecule has 1 N–H and O–H groups in total. The van der Waals surface area contributed by atoms with Gasteiger partial charge in [-0.3, -0.25) is 19.5 Å². The summed E-state index contributed by atoms with van der Waals surface area (Å²) in [6.45, 7) is -0.664. The predicted molar refractivity (Wildman–Crippen MR) is 155 cm³/mol. The summed E-state index contributed by atoms with van der Waals surface area (Å²) in [6, 6.07) is 17.4. The molecule has 2 fully saturated rings. The molecule has 2 aliphatic rings. The first-order valence-corrected chi connectivity index (χ1v) is 14.4. The van der Waals surface area contributed by atoms with Gasteiger partial charge < -0.3 is 19.4 Å². The third-order valence-electron chi connectivity index (χ3n) is 7.82. The van der Waals surface area contributed by atoms with Crippen molar-refractivity contribution >= 4 is 28.6 Å². The maximum atomic E-state index is 13.5. The van der Waals surface area contributed by atoms with E-state index in [-0.39, 0.29) is 23.3 Å². The Hall–Kier alpha value is -5.15. The zero-order valence-corrected chi connectivity index (χ0v) is 23.8. The number of nitrogens with zero attached hydrogens (tertiary/aromatic N) is 8. The lowest BCUT2D eigenvalue weighted by molar-refractivity contribution is -0.139. The van der Waals surface area contributed by atoms with Crippen molar-refractivity contribution in [1.29, 1.82) is 0 Å². The third-order valence-corrected chi connectivity index (χ3v) is 7.82. The molecule has 2 atom stereocenters. The Morgan fingerprint density at radius 3 is 2.51 bits per heavy atom. The van der Waals surface area contributed by atoms with Gasteiger partial charge in [0.15, 0.2) is 11.4 Å². The molecule has 45 heavy (non-hydrogen) atoms. The van der Waals surface area contributed by atoms with E-state index < -0.39 is 18.7 Å². The van der Waals surface area contributed by atoms with Crippen molar-refractivity contribution in [2.75, 3.05) is 38.1 Å². The van der Waals surface area contributed by atoms with E-state index >= 15 is 0 Å². The van der Waals surface area contributed by atoms with Crippen LogP contribution in [0.5, 0.6) is 0 Å². The molecule has 7 rings (SSSR count). The Morgan fingerprint density at radius 1 is 1.00 bits per heavy atom. The van der Waals surface area contributed by atoms with E-state index in [2.05, 4.69) is 30.7 Å². The fourth-order valence-electron chi connectivity index (χ4n) is 5.41. The molecule has 2 aromatic carbocycles. The van der Waals surface area contributed by atoms with Gasteiger partial charge in [0.2, 0.25) is 5.89 Å². The molecule has 0 spiro atoms. The number of hydrogen-bond acceptors (Lipinski definition) is 10. The molecule has 230 valence electrons. The van der Waals surface area contributed by atoms with Crippen LogP contribution < -0.4 is 5.32 Å². The van der Waals surface area contributed by atoms with Crippen molar-refractivity contribution in [3.8, 4) is 11.5 Å². The van der Waals surface area contributed by atoms with Crippen LogP contribution in [0, 0.1) is 0 Å². The van der Waals surface area contributed by atoms with Gasteiger partial charge in [0.25, 0.3) is 11.8 Å². The van der Waals surface area contributed by atoms with Gasteiger partial charge in [-0.25, -0.2) is 4.98 Å². The number of amides is 2. The Bertz CT molecular complexity index is 1840. The number of benzene rings is 2. The predicted octanol–water partition coefficient (Wildman–Crippen LogP) is 3.55. The van der Waals surface area contributed by atoms with Gasteiger partial charge in [-0.05, 0) is 41.1 Å². The monoisotopic (exact) mass is 615 g/mol. The van der Waals surface area contributed by atoms with Crippen LogP contribution in [0.15, 0.2) is 71.3 Å². The van der Waals surface area contributed by atoms with Crippen molar-refractivity contribution in [3.63, 3.8) is 0 Å². The van der Waals surface area contributed by atoms with Crippen LogP contribution in [0.3, 0.4) is 0 Å². The van der Waals surface area contributed by atoms with Crippen LogP contribution in [0.25, 0.3) is 22.6 Å². The molecule has 2 amide bonds. The summed E-state index contributed by atoms with van der Waals surface area (Å²) in [4.78, 5) is 38.6. The average Bonchev–Trinajstić information content (AvgIpc) is 3.69. The maximum absolute atomic E-state index is 13.5. The molecule has 2 saturated heterocycles. The van der Waals surface area contributed by atoms with Gasteiger partial charge in [-0.1, -0.05) is 35.1 Å². The van der Waals surface area contributed by atoms with Crippen LogP contribution >= 0.6 is 0 Å². The minimum atomic E-state index is -2.90.